The van der Waals surface area contributed by atoms with Gasteiger partial charge >= 0.3 is 61.2 Å². The molecule has 0 fully saturated rings. The minimum atomic E-state index is 0.498. The fraction of sp³-hybridized carbons (Fsp3) is 0. The van der Waals surface area contributed by atoms with E-state index in [1.165, 1.54) is 0 Å². The number of hydrogen-bond acceptors (Lipinski definition) is 2. The maximum absolute atomic E-state index is 9.97. The van der Waals surface area contributed by atoms with E-state index in [4.69, 9.17) is 0 Å². The zero-order valence-electron chi connectivity index (χ0n) is 4.61. The van der Waals surface area contributed by atoms with Gasteiger partial charge in [-0.05, 0) is 0 Å². The Morgan fingerprint density at radius 2 is 2.00 bits per heavy atom. The van der Waals surface area contributed by atoms with Crippen LogP contribution >= 0.6 is 0 Å². The van der Waals surface area contributed by atoms with Gasteiger partial charge < -0.3 is 0 Å². The van der Waals surface area contributed by atoms with E-state index in [-0.39, 0.29) is 0 Å². The van der Waals surface area contributed by atoms with E-state index >= 15 is 0 Å². The molecule has 1 aromatic rings. The van der Waals surface area contributed by atoms with Crippen molar-refractivity contribution in [2.24, 2.45) is 5.18 Å². The SMILES string of the molecule is O=Nc1ccccc1[As]. The van der Waals surface area contributed by atoms with Crippen LogP contribution in [0.25, 0.3) is 0 Å². The molecule has 0 atom stereocenters. The van der Waals surface area contributed by atoms with Crippen molar-refractivity contribution in [3.8, 4) is 0 Å². The van der Waals surface area contributed by atoms with Crippen LogP contribution < -0.4 is 4.35 Å². The van der Waals surface area contributed by atoms with E-state index in [0.29, 0.717) is 5.69 Å². The van der Waals surface area contributed by atoms with Crippen LogP contribution in [0.2, 0.25) is 0 Å². The molecule has 9 heavy (non-hydrogen) atoms. The predicted octanol–water partition coefficient (Wildman–Crippen LogP) is 0.878. The Morgan fingerprint density at radius 3 is 2.44 bits per heavy atom. The van der Waals surface area contributed by atoms with E-state index in [1.54, 1.807) is 12.1 Å². The monoisotopic (exact) mass is 181 g/mol. The molecule has 0 spiro atoms. The minimum absolute atomic E-state index is 0.498. The summed E-state index contributed by atoms with van der Waals surface area (Å²) in [5.41, 5.74) is 0.498. The molecule has 1 rings (SSSR count). The summed E-state index contributed by atoms with van der Waals surface area (Å²) in [5, 5.41) is 2.80. The molecule has 0 aromatic heterocycles. The molecule has 0 bridgehead atoms. The van der Waals surface area contributed by atoms with E-state index in [2.05, 4.69) is 22.0 Å². The van der Waals surface area contributed by atoms with Gasteiger partial charge in [-0.15, -0.1) is 0 Å². The second-order valence-corrected chi connectivity index (χ2v) is 2.59. The van der Waals surface area contributed by atoms with E-state index in [0.717, 1.165) is 4.35 Å². The number of benzene rings is 1. The molecule has 0 saturated heterocycles. The normalized spacial score (nSPS) is 9.00. The first kappa shape index (κ1) is 6.50. The summed E-state index contributed by atoms with van der Waals surface area (Å²) < 4.78 is 0.861. The Hall–Kier alpha value is -0.622. The second-order valence-electron chi connectivity index (χ2n) is 1.58. The van der Waals surface area contributed by atoms with Crippen LogP contribution in [0.3, 0.4) is 0 Å². The fourth-order valence-corrected chi connectivity index (χ4v) is 0.964. The van der Waals surface area contributed by atoms with Crippen molar-refractivity contribution in [2.45, 2.75) is 0 Å². The topological polar surface area (TPSA) is 29.4 Å². The van der Waals surface area contributed by atoms with Gasteiger partial charge in [0.15, 0.2) is 0 Å². The van der Waals surface area contributed by atoms with Crippen molar-refractivity contribution in [1.29, 1.82) is 0 Å². The van der Waals surface area contributed by atoms with Crippen molar-refractivity contribution < 1.29 is 0 Å². The number of hydrogen-bond donors (Lipinski definition) is 0. The van der Waals surface area contributed by atoms with Crippen molar-refractivity contribution in [3.05, 3.63) is 29.2 Å². The van der Waals surface area contributed by atoms with Crippen molar-refractivity contribution in [1.82, 2.24) is 0 Å². The molecule has 0 aliphatic carbocycles. The van der Waals surface area contributed by atoms with Crippen LogP contribution in [0.1, 0.15) is 0 Å². The second kappa shape index (κ2) is 2.79. The number of rotatable bonds is 1. The van der Waals surface area contributed by atoms with E-state index in [1.807, 2.05) is 12.1 Å². The molecule has 2 nitrogen and oxygen atoms in total. The Kier molecular flexibility index (Phi) is 2.01. The summed E-state index contributed by atoms with van der Waals surface area (Å²) in [6.07, 6.45) is 0. The summed E-state index contributed by atoms with van der Waals surface area (Å²) in [5.74, 6) is 0. The molecule has 0 unspecified atom stereocenters. The molecule has 1 aromatic carbocycles. The molecular formula is C6H4AsNO. The molecule has 0 N–H and O–H groups in total. The van der Waals surface area contributed by atoms with Crippen LogP contribution in [0.4, 0.5) is 5.69 Å². The third kappa shape index (κ3) is 1.39. The standard InChI is InChI=1S/C6H4AsNO/c7-5-3-1-2-4-6(5)8-9/h1-4H. The average Bonchev–Trinajstić information content (AvgIpc) is 1.89. The van der Waals surface area contributed by atoms with Gasteiger partial charge in [0.05, 0.1) is 0 Å². The van der Waals surface area contributed by atoms with Crippen molar-refractivity contribution in [3.63, 3.8) is 0 Å². The molecule has 44 valence electrons. The summed E-state index contributed by atoms with van der Waals surface area (Å²) >= 11 is 2.29. The summed E-state index contributed by atoms with van der Waals surface area (Å²) in [6.45, 7) is 0. The molecule has 0 amide bonds. The Labute approximate surface area is 61.7 Å². The summed E-state index contributed by atoms with van der Waals surface area (Å²) in [6, 6.07) is 7.16. The quantitative estimate of drug-likeness (QED) is 0.467. The molecule has 0 saturated carbocycles. The molecule has 0 heterocycles. The van der Waals surface area contributed by atoms with Crippen LogP contribution in [-0.2, 0) is 0 Å². The molecular weight excluding hydrogens is 177 g/mol. The van der Waals surface area contributed by atoms with Gasteiger partial charge in [-0.25, -0.2) is 0 Å². The number of nitroso groups, excluding NO2 is 1. The Morgan fingerprint density at radius 1 is 1.33 bits per heavy atom. The van der Waals surface area contributed by atoms with Crippen LogP contribution in [0.15, 0.2) is 29.4 Å². The van der Waals surface area contributed by atoms with Crippen LogP contribution in [-0.4, -0.2) is 16.9 Å². The van der Waals surface area contributed by atoms with E-state index < -0.39 is 0 Å². The van der Waals surface area contributed by atoms with Crippen LogP contribution in [0.5, 0.6) is 0 Å². The molecule has 3 heteroatoms. The first-order valence-electron chi connectivity index (χ1n) is 2.46. The van der Waals surface area contributed by atoms with Crippen molar-refractivity contribution in [2.75, 3.05) is 0 Å². The average molecular weight is 181 g/mol. The van der Waals surface area contributed by atoms with Gasteiger partial charge in [0.2, 0.25) is 0 Å². The maximum atomic E-state index is 9.97. The summed E-state index contributed by atoms with van der Waals surface area (Å²) in [4.78, 5) is 9.97. The summed E-state index contributed by atoms with van der Waals surface area (Å²) in [7, 11) is 0. The zero-order valence-corrected chi connectivity index (χ0v) is 6.49. The fourth-order valence-electron chi connectivity index (χ4n) is 0.541. The van der Waals surface area contributed by atoms with Gasteiger partial charge in [-0.2, -0.15) is 0 Å². The third-order valence-electron chi connectivity index (χ3n) is 0.980. The van der Waals surface area contributed by atoms with Crippen molar-refractivity contribution >= 4 is 26.9 Å². The molecule has 0 aliphatic heterocycles. The van der Waals surface area contributed by atoms with Gasteiger partial charge in [0.25, 0.3) is 0 Å². The van der Waals surface area contributed by atoms with Gasteiger partial charge in [0.1, 0.15) is 0 Å². The first-order chi connectivity index (χ1) is 4.34. The Balaban J connectivity index is 3.15. The third-order valence-corrected chi connectivity index (χ3v) is 1.77. The van der Waals surface area contributed by atoms with Crippen LogP contribution in [0, 0.1) is 4.91 Å². The number of nitrogens with zero attached hydrogens (tertiary/aromatic N) is 1. The zero-order chi connectivity index (χ0) is 6.69. The van der Waals surface area contributed by atoms with Gasteiger partial charge in [-0.1, -0.05) is 0 Å². The molecule has 2 radical (unpaired) electrons. The van der Waals surface area contributed by atoms with Gasteiger partial charge in [-0.3, -0.25) is 0 Å². The molecule has 0 aliphatic rings. The van der Waals surface area contributed by atoms with Gasteiger partial charge in [0, 0.05) is 0 Å². The Bertz CT molecular complexity index is 224. The first-order valence-corrected chi connectivity index (χ1v) is 3.40. The van der Waals surface area contributed by atoms with E-state index in [9.17, 15) is 4.91 Å². The predicted molar refractivity (Wildman–Crippen MR) is 37.3 cm³/mol.